The van der Waals surface area contributed by atoms with Crippen LogP contribution in [0.25, 0.3) is 33.7 Å². The number of hydrogen-bond acceptors (Lipinski definition) is 5. The van der Waals surface area contributed by atoms with Gasteiger partial charge in [-0.2, -0.15) is 0 Å². The average molecular weight is 400 g/mol. The second-order valence-electron chi connectivity index (χ2n) is 6.23. The number of anilines is 1. The quantitative estimate of drug-likeness (QED) is 0.448. The Morgan fingerprint density at radius 3 is 2.24 bits per heavy atom. The van der Waals surface area contributed by atoms with Gasteiger partial charge in [-0.15, -0.1) is 13.2 Å². The van der Waals surface area contributed by atoms with Gasteiger partial charge < -0.3 is 19.6 Å². The van der Waals surface area contributed by atoms with Crippen LogP contribution in [0, 0.1) is 0 Å². The molecule has 4 aromatic rings. The number of oxazole rings is 1. The molecule has 29 heavy (non-hydrogen) atoms. The Labute approximate surface area is 163 Å². The Hall–Kier alpha value is -3.68. The van der Waals surface area contributed by atoms with E-state index in [1.54, 1.807) is 48.5 Å². The molecule has 0 radical (unpaired) electrons. The van der Waals surface area contributed by atoms with Crippen molar-refractivity contribution in [2.75, 3.05) is 12.8 Å². The smallest absolute Gasteiger partial charge is 0.495 e. The summed E-state index contributed by atoms with van der Waals surface area (Å²) in [5.74, 6) is 0.689. The van der Waals surface area contributed by atoms with Crippen LogP contribution < -0.4 is 15.2 Å². The second-order valence-corrected chi connectivity index (χ2v) is 6.23. The highest BCUT2D eigenvalue weighted by Crippen LogP contribution is 2.32. The largest absolute Gasteiger partial charge is 0.573 e. The summed E-state index contributed by atoms with van der Waals surface area (Å²) >= 11 is 0. The summed E-state index contributed by atoms with van der Waals surface area (Å²) < 4.78 is 51.7. The van der Waals surface area contributed by atoms with Crippen LogP contribution in [0.5, 0.6) is 11.5 Å². The van der Waals surface area contributed by atoms with Gasteiger partial charge in [-0.3, -0.25) is 0 Å². The lowest BCUT2D eigenvalue weighted by molar-refractivity contribution is -0.274. The van der Waals surface area contributed by atoms with Gasteiger partial charge in [0.05, 0.1) is 12.8 Å². The molecule has 1 aromatic heterocycles. The molecule has 0 fully saturated rings. The van der Waals surface area contributed by atoms with Crippen molar-refractivity contribution in [1.29, 1.82) is 0 Å². The Balaban J connectivity index is 1.64. The average Bonchev–Trinajstić information content (AvgIpc) is 3.10. The molecule has 4 rings (SSSR count). The maximum Gasteiger partial charge on any atom is 0.573 e. The molecule has 0 amide bonds. The summed E-state index contributed by atoms with van der Waals surface area (Å²) in [6.45, 7) is 0. The molecule has 0 aliphatic rings. The van der Waals surface area contributed by atoms with Crippen LogP contribution in [0.3, 0.4) is 0 Å². The Kier molecular flexibility index (Phi) is 4.54. The zero-order chi connectivity index (χ0) is 20.6. The SMILES string of the molecule is COc1ccc(-c2nc3cc(-c4ccc(OC(F)(F)F)cc4)ccc3o2)cc1N. The lowest BCUT2D eigenvalue weighted by Gasteiger charge is -2.09. The molecule has 0 bridgehead atoms. The molecule has 1 heterocycles. The van der Waals surface area contributed by atoms with E-state index < -0.39 is 6.36 Å². The van der Waals surface area contributed by atoms with Crippen LogP contribution in [-0.2, 0) is 0 Å². The maximum atomic E-state index is 12.3. The number of aromatic nitrogens is 1. The van der Waals surface area contributed by atoms with Gasteiger partial charge in [-0.25, -0.2) is 4.98 Å². The van der Waals surface area contributed by atoms with Crippen molar-refractivity contribution in [2.45, 2.75) is 6.36 Å². The predicted octanol–water partition coefficient (Wildman–Crippen LogP) is 5.65. The number of benzene rings is 3. The van der Waals surface area contributed by atoms with Crippen molar-refractivity contribution < 1.29 is 27.1 Å². The van der Waals surface area contributed by atoms with Crippen LogP contribution in [0.15, 0.2) is 65.1 Å². The first-order valence-electron chi connectivity index (χ1n) is 8.53. The van der Waals surface area contributed by atoms with Crippen molar-refractivity contribution in [2.24, 2.45) is 0 Å². The van der Waals surface area contributed by atoms with E-state index in [4.69, 9.17) is 14.9 Å². The van der Waals surface area contributed by atoms with Crippen LogP contribution in [0.2, 0.25) is 0 Å². The molecule has 0 atom stereocenters. The van der Waals surface area contributed by atoms with Crippen molar-refractivity contribution in [3.63, 3.8) is 0 Å². The number of nitrogens with zero attached hydrogens (tertiary/aromatic N) is 1. The summed E-state index contributed by atoms with van der Waals surface area (Å²) in [4.78, 5) is 4.50. The van der Waals surface area contributed by atoms with Crippen molar-refractivity contribution >= 4 is 16.8 Å². The van der Waals surface area contributed by atoms with E-state index in [2.05, 4.69) is 9.72 Å². The number of rotatable bonds is 4. The van der Waals surface area contributed by atoms with Gasteiger partial charge in [-0.1, -0.05) is 18.2 Å². The first kappa shape index (κ1) is 18.7. The Bertz CT molecular complexity index is 1170. The van der Waals surface area contributed by atoms with Crippen LogP contribution in [0.4, 0.5) is 18.9 Å². The first-order valence-corrected chi connectivity index (χ1v) is 8.53. The zero-order valence-electron chi connectivity index (χ0n) is 15.2. The third-order valence-corrected chi connectivity index (χ3v) is 4.29. The number of nitrogen functional groups attached to an aromatic ring is 1. The number of alkyl halides is 3. The first-order chi connectivity index (χ1) is 13.8. The molecule has 2 N–H and O–H groups in total. The summed E-state index contributed by atoms with van der Waals surface area (Å²) in [5.41, 5.74) is 9.81. The molecule has 148 valence electrons. The van der Waals surface area contributed by atoms with E-state index in [0.717, 1.165) is 11.1 Å². The van der Waals surface area contributed by atoms with E-state index in [0.29, 0.717) is 34.0 Å². The molecule has 0 spiro atoms. The molecule has 0 saturated carbocycles. The Morgan fingerprint density at radius 2 is 1.59 bits per heavy atom. The van der Waals surface area contributed by atoms with E-state index in [1.807, 2.05) is 0 Å². The number of nitrogens with two attached hydrogens (primary N) is 1. The van der Waals surface area contributed by atoms with Gasteiger partial charge in [0.25, 0.3) is 0 Å². The van der Waals surface area contributed by atoms with E-state index >= 15 is 0 Å². The van der Waals surface area contributed by atoms with Crippen molar-refractivity contribution in [3.05, 3.63) is 60.7 Å². The third kappa shape index (κ3) is 3.96. The van der Waals surface area contributed by atoms with E-state index in [9.17, 15) is 13.2 Å². The lowest BCUT2D eigenvalue weighted by atomic mass is 10.1. The highest BCUT2D eigenvalue weighted by Gasteiger charge is 2.30. The fourth-order valence-corrected chi connectivity index (χ4v) is 2.95. The number of fused-ring (bicyclic) bond motifs is 1. The van der Waals surface area contributed by atoms with Crippen molar-refractivity contribution in [1.82, 2.24) is 4.98 Å². The lowest BCUT2D eigenvalue weighted by Crippen LogP contribution is -2.16. The molecule has 0 aliphatic carbocycles. The molecular formula is C21H15F3N2O3. The van der Waals surface area contributed by atoms with Gasteiger partial charge in [0, 0.05) is 5.56 Å². The topological polar surface area (TPSA) is 70.5 Å². The monoisotopic (exact) mass is 400 g/mol. The highest BCUT2D eigenvalue weighted by molar-refractivity contribution is 5.83. The van der Waals surface area contributed by atoms with Crippen molar-refractivity contribution in [3.8, 4) is 34.1 Å². The second kappa shape index (κ2) is 7.05. The zero-order valence-corrected chi connectivity index (χ0v) is 15.2. The fourth-order valence-electron chi connectivity index (χ4n) is 2.95. The minimum absolute atomic E-state index is 0.275. The van der Waals surface area contributed by atoms with Crippen LogP contribution >= 0.6 is 0 Å². The van der Waals surface area contributed by atoms with Gasteiger partial charge >= 0.3 is 6.36 Å². The summed E-state index contributed by atoms with van der Waals surface area (Å²) in [7, 11) is 1.54. The Morgan fingerprint density at radius 1 is 0.897 bits per heavy atom. The van der Waals surface area contributed by atoms with Crippen LogP contribution in [0.1, 0.15) is 0 Å². The molecule has 0 unspecified atom stereocenters. The highest BCUT2D eigenvalue weighted by atomic mass is 19.4. The standard InChI is InChI=1S/C21H15F3N2O3/c1-27-18-8-5-14(10-16(18)25)20-26-17-11-13(4-9-19(17)28-20)12-2-6-15(7-3-12)29-21(22,23)24/h2-11H,25H2,1H3. The number of methoxy groups -OCH3 is 1. The van der Waals surface area contributed by atoms with Crippen LogP contribution in [-0.4, -0.2) is 18.5 Å². The summed E-state index contributed by atoms with van der Waals surface area (Å²) in [6.07, 6.45) is -4.72. The molecular weight excluding hydrogens is 385 g/mol. The summed E-state index contributed by atoms with van der Waals surface area (Å²) in [6, 6.07) is 16.2. The van der Waals surface area contributed by atoms with Gasteiger partial charge in [-0.05, 0) is 53.6 Å². The normalized spacial score (nSPS) is 11.6. The molecule has 3 aromatic carbocycles. The summed E-state index contributed by atoms with van der Waals surface area (Å²) in [5, 5.41) is 0. The third-order valence-electron chi connectivity index (χ3n) is 4.29. The fraction of sp³-hybridized carbons (Fsp3) is 0.0952. The molecule has 5 nitrogen and oxygen atoms in total. The van der Waals surface area contributed by atoms with Gasteiger partial charge in [0.15, 0.2) is 5.58 Å². The van der Waals surface area contributed by atoms with E-state index in [-0.39, 0.29) is 5.75 Å². The van der Waals surface area contributed by atoms with Gasteiger partial charge in [0.2, 0.25) is 5.89 Å². The minimum Gasteiger partial charge on any atom is -0.495 e. The maximum absolute atomic E-state index is 12.3. The number of hydrogen-bond donors (Lipinski definition) is 1. The molecule has 0 saturated heterocycles. The number of ether oxygens (including phenoxy) is 2. The predicted molar refractivity (Wildman–Crippen MR) is 103 cm³/mol. The van der Waals surface area contributed by atoms with E-state index in [1.165, 1.54) is 19.2 Å². The number of halogens is 3. The minimum atomic E-state index is -4.72. The molecule has 8 heteroatoms. The van der Waals surface area contributed by atoms with Gasteiger partial charge in [0.1, 0.15) is 17.0 Å². The molecule has 0 aliphatic heterocycles.